The molecule has 1 aromatic heterocycles. The van der Waals surface area contributed by atoms with Gasteiger partial charge in [-0.15, -0.1) is 0 Å². The van der Waals surface area contributed by atoms with Gasteiger partial charge in [-0.05, 0) is 77.0 Å². The predicted molar refractivity (Wildman–Crippen MR) is 141 cm³/mol. The Morgan fingerprint density at radius 1 is 1.08 bits per heavy atom. The summed E-state index contributed by atoms with van der Waals surface area (Å²) in [5.41, 5.74) is 1.29. The summed E-state index contributed by atoms with van der Waals surface area (Å²) >= 11 is -1.65. The Kier molecular flexibility index (Phi) is 9.56. The van der Waals surface area contributed by atoms with E-state index < -0.39 is 17.0 Å². The quantitative estimate of drug-likeness (QED) is 0.417. The summed E-state index contributed by atoms with van der Waals surface area (Å²) in [5, 5.41) is 0. The second-order valence-electron chi connectivity index (χ2n) is 10.7. The number of hydrogen-bond donors (Lipinski definition) is 0. The van der Waals surface area contributed by atoms with Crippen LogP contribution < -0.4 is 9.47 Å². The maximum absolute atomic E-state index is 12.2. The topological polar surface area (TPSA) is 109 Å². The van der Waals surface area contributed by atoms with Gasteiger partial charge in [-0.2, -0.15) is 4.21 Å². The summed E-state index contributed by atoms with van der Waals surface area (Å²) < 4.78 is 38.8. The van der Waals surface area contributed by atoms with Crippen LogP contribution in [0.1, 0.15) is 63.5 Å². The fourth-order valence-electron chi connectivity index (χ4n) is 4.41. The van der Waals surface area contributed by atoms with E-state index in [9.17, 15) is 9.00 Å². The fourth-order valence-corrected chi connectivity index (χ4v) is 5.03. The number of benzene rings is 1. The lowest BCUT2D eigenvalue weighted by Crippen LogP contribution is -2.41. The highest BCUT2D eigenvalue weighted by Crippen LogP contribution is 2.30. The molecule has 2 saturated heterocycles. The van der Waals surface area contributed by atoms with Crippen molar-refractivity contribution < 1.29 is 31.6 Å². The summed E-state index contributed by atoms with van der Waals surface area (Å²) in [6.07, 6.45) is 5.11. The van der Waals surface area contributed by atoms with Crippen molar-refractivity contribution in [2.75, 3.05) is 32.9 Å². The number of piperidine rings is 1. The van der Waals surface area contributed by atoms with Gasteiger partial charge in [0.05, 0.1) is 25.4 Å². The van der Waals surface area contributed by atoms with Crippen LogP contribution in [0.2, 0.25) is 0 Å². The van der Waals surface area contributed by atoms with Crippen LogP contribution in [0, 0.1) is 12.8 Å². The average Bonchev–Trinajstić information content (AvgIpc) is 2.89. The molecule has 0 spiro atoms. The van der Waals surface area contributed by atoms with Gasteiger partial charge in [0.2, 0.25) is 11.8 Å². The number of rotatable bonds is 8. The molecule has 0 aliphatic carbocycles. The number of carbonyl (C=O) groups excluding carboxylic acids is 1. The Labute approximate surface area is 226 Å². The third-order valence-corrected chi connectivity index (χ3v) is 7.21. The molecule has 0 atom stereocenters. The van der Waals surface area contributed by atoms with Gasteiger partial charge >= 0.3 is 17.5 Å². The lowest BCUT2D eigenvalue weighted by molar-refractivity contribution is 0.0179. The Balaban J connectivity index is 1.20. The van der Waals surface area contributed by atoms with E-state index in [4.69, 9.17) is 22.6 Å². The molecule has 0 unspecified atom stereocenters. The zero-order valence-electron chi connectivity index (χ0n) is 22.5. The smallest absolute Gasteiger partial charge is 0.410 e. The van der Waals surface area contributed by atoms with Crippen LogP contribution in [0.15, 0.2) is 30.6 Å². The van der Waals surface area contributed by atoms with Crippen molar-refractivity contribution >= 4 is 17.5 Å². The van der Waals surface area contributed by atoms with Gasteiger partial charge in [-0.1, -0.05) is 12.1 Å². The highest BCUT2D eigenvalue weighted by molar-refractivity contribution is 7.75. The second kappa shape index (κ2) is 12.9. The monoisotopic (exact) mass is 547 g/mol. The van der Waals surface area contributed by atoms with Gasteiger partial charge in [0.1, 0.15) is 17.7 Å². The van der Waals surface area contributed by atoms with Crippen LogP contribution in [0.4, 0.5) is 4.79 Å². The van der Waals surface area contributed by atoms with Gasteiger partial charge in [-0.3, -0.25) is 8.37 Å². The molecule has 208 valence electrons. The highest BCUT2D eigenvalue weighted by Gasteiger charge is 2.27. The zero-order valence-corrected chi connectivity index (χ0v) is 23.3. The first-order valence-electron chi connectivity index (χ1n) is 13.1. The Morgan fingerprint density at radius 2 is 1.74 bits per heavy atom. The molecule has 3 heterocycles. The molecule has 0 bridgehead atoms. The third kappa shape index (κ3) is 8.12. The van der Waals surface area contributed by atoms with Crippen LogP contribution in [0.5, 0.6) is 17.5 Å². The van der Waals surface area contributed by atoms with Crippen LogP contribution in [0.25, 0.3) is 0 Å². The summed E-state index contributed by atoms with van der Waals surface area (Å²) in [7, 11) is 0. The van der Waals surface area contributed by atoms with Crippen molar-refractivity contribution in [1.29, 1.82) is 0 Å². The van der Waals surface area contributed by atoms with Crippen molar-refractivity contribution in [3.63, 3.8) is 0 Å². The molecule has 4 rings (SSSR count). The van der Waals surface area contributed by atoms with E-state index in [0.717, 1.165) is 49.9 Å². The summed E-state index contributed by atoms with van der Waals surface area (Å²) in [6, 6.07) is 7.59. The molecule has 2 fully saturated rings. The summed E-state index contributed by atoms with van der Waals surface area (Å²) in [4.78, 5) is 22.6. The highest BCUT2D eigenvalue weighted by atomic mass is 32.2. The molecule has 2 aliphatic heterocycles. The van der Waals surface area contributed by atoms with Crippen LogP contribution in [-0.2, 0) is 24.5 Å². The number of likely N-dealkylation sites (tertiary alicyclic amines) is 1. The summed E-state index contributed by atoms with van der Waals surface area (Å²) in [5.74, 6) is 2.19. The maximum Gasteiger partial charge on any atom is 0.410 e. The van der Waals surface area contributed by atoms with Crippen molar-refractivity contribution in [3.8, 4) is 17.5 Å². The number of nitrogens with zero attached hydrogens (tertiary/aromatic N) is 3. The number of carbonyl (C=O) groups is 1. The third-order valence-electron chi connectivity index (χ3n) is 6.55. The van der Waals surface area contributed by atoms with Gasteiger partial charge in [0.25, 0.3) is 0 Å². The van der Waals surface area contributed by atoms with Gasteiger partial charge < -0.3 is 19.1 Å². The van der Waals surface area contributed by atoms with Gasteiger partial charge in [0, 0.05) is 19.0 Å². The van der Waals surface area contributed by atoms with E-state index in [1.165, 1.54) is 6.33 Å². The first kappa shape index (κ1) is 28.3. The Bertz CT molecular complexity index is 1090. The van der Waals surface area contributed by atoms with Crippen molar-refractivity contribution in [1.82, 2.24) is 14.9 Å². The summed E-state index contributed by atoms with van der Waals surface area (Å²) in [6.45, 7) is 10.3. The van der Waals surface area contributed by atoms with Crippen molar-refractivity contribution in [2.45, 2.75) is 64.9 Å². The van der Waals surface area contributed by atoms with E-state index in [1.807, 2.05) is 52.0 Å². The molecule has 11 heteroatoms. The minimum atomic E-state index is -1.65. The van der Waals surface area contributed by atoms with E-state index in [1.54, 1.807) is 4.90 Å². The van der Waals surface area contributed by atoms with Crippen LogP contribution in [-0.4, -0.2) is 63.7 Å². The molecule has 0 N–H and O–H groups in total. The largest absolute Gasteiger partial charge is 0.477 e. The molecular formula is C27H37N3O7S. The van der Waals surface area contributed by atoms with E-state index in [0.29, 0.717) is 43.2 Å². The average molecular weight is 548 g/mol. The van der Waals surface area contributed by atoms with E-state index >= 15 is 0 Å². The number of aromatic nitrogens is 2. The number of hydrogen-bond acceptors (Lipinski definition) is 9. The molecular weight excluding hydrogens is 510 g/mol. The van der Waals surface area contributed by atoms with Gasteiger partial charge in [0.15, 0.2) is 0 Å². The first-order valence-corrected chi connectivity index (χ1v) is 14.1. The Morgan fingerprint density at radius 3 is 2.39 bits per heavy atom. The predicted octanol–water partition coefficient (Wildman–Crippen LogP) is 5.09. The standard InChI is InChI=1S/C27H37N3O7S/c1-19-24(33-15-5-6-20-11-13-30(14-12-20)26(31)37-27(2,3)4)28-18-29-25(19)36-23-9-7-21(8-10-23)22-16-34-38(32)35-17-22/h7-10,18,20,22H,5-6,11-17H2,1-4H3. The number of ether oxygens (including phenoxy) is 3. The molecule has 0 saturated carbocycles. The SMILES string of the molecule is Cc1c(OCCCC2CCN(C(=O)OC(C)(C)C)CC2)ncnc1Oc1ccc(C2COS(=O)OC2)cc1. The molecule has 0 radical (unpaired) electrons. The first-order chi connectivity index (χ1) is 18.2. The van der Waals surface area contributed by atoms with Crippen molar-refractivity contribution in [3.05, 3.63) is 41.7 Å². The Hall–Kier alpha value is -2.76. The molecule has 1 aromatic carbocycles. The van der Waals surface area contributed by atoms with E-state index in [-0.39, 0.29) is 12.0 Å². The van der Waals surface area contributed by atoms with Crippen LogP contribution >= 0.6 is 0 Å². The fraction of sp³-hybridized carbons (Fsp3) is 0.593. The normalized spacial score (nSPS) is 20.7. The zero-order chi connectivity index (χ0) is 27.1. The minimum Gasteiger partial charge on any atom is -0.477 e. The minimum absolute atomic E-state index is 0.0278. The molecule has 1 amide bonds. The molecule has 38 heavy (non-hydrogen) atoms. The van der Waals surface area contributed by atoms with E-state index in [2.05, 4.69) is 9.97 Å². The lowest BCUT2D eigenvalue weighted by Gasteiger charge is -2.33. The lowest BCUT2D eigenvalue weighted by atomic mass is 9.92. The molecule has 10 nitrogen and oxygen atoms in total. The second-order valence-corrected chi connectivity index (χ2v) is 11.5. The van der Waals surface area contributed by atoms with Crippen molar-refractivity contribution in [2.24, 2.45) is 5.92 Å². The van der Waals surface area contributed by atoms with Crippen LogP contribution in [0.3, 0.4) is 0 Å². The number of amides is 1. The molecule has 2 aromatic rings. The maximum atomic E-state index is 12.2. The molecule has 2 aliphatic rings. The van der Waals surface area contributed by atoms with Gasteiger partial charge in [-0.25, -0.2) is 14.8 Å².